The number of rotatable bonds is 4. The van der Waals surface area contributed by atoms with Crippen LogP contribution in [0.25, 0.3) is 0 Å². The van der Waals surface area contributed by atoms with Gasteiger partial charge in [-0.1, -0.05) is 24.6 Å². The largest absolute Gasteiger partial charge is 0.486 e. The first-order chi connectivity index (χ1) is 12.6. The fraction of sp³-hybridized carbons (Fsp3) is 0.381. The summed E-state index contributed by atoms with van der Waals surface area (Å²) in [5, 5.41) is 3.11. The molecular weight excluding hydrogens is 333 g/mol. The van der Waals surface area contributed by atoms with Crippen molar-refractivity contribution in [2.24, 2.45) is 0 Å². The molecule has 1 saturated carbocycles. The Bertz CT molecular complexity index is 832. The molecule has 1 amide bonds. The maximum Gasteiger partial charge on any atom is 0.231 e. The van der Waals surface area contributed by atoms with Crippen molar-refractivity contribution in [2.75, 3.05) is 13.2 Å². The van der Waals surface area contributed by atoms with Crippen molar-refractivity contribution in [2.45, 2.75) is 37.6 Å². The second-order valence-corrected chi connectivity index (χ2v) is 7.04. The van der Waals surface area contributed by atoms with Gasteiger partial charge in [-0.2, -0.15) is 0 Å². The van der Waals surface area contributed by atoms with Gasteiger partial charge in [-0.15, -0.1) is 0 Å². The molecule has 2 aromatic rings. The van der Waals surface area contributed by atoms with Crippen molar-refractivity contribution in [1.82, 2.24) is 5.32 Å². The summed E-state index contributed by atoms with van der Waals surface area (Å²) >= 11 is 0. The first-order valence-corrected chi connectivity index (χ1v) is 9.05. The van der Waals surface area contributed by atoms with Crippen molar-refractivity contribution in [3.8, 4) is 11.5 Å². The molecule has 2 aromatic carbocycles. The molecule has 0 saturated heterocycles. The summed E-state index contributed by atoms with van der Waals surface area (Å²) in [6, 6.07) is 11.9. The molecule has 1 N–H and O–H groups in total. The average Bonchev–Trinajstić information content (AvgIpc) is 2.60. The molecule has 1 unspecified atom stereocenters. The molecule has 0 aromatic heterocycles. The molecule has 0 bridgehead atoms. The number of carbonyl (C=O) groups is 1. The molecule has 26 heavy (non-hydrogen) atoms. The number of nitrogens with one attached hydrogen (secondary N) is 1. The summed E-state index contributed by atoms with van der Waals surface area (Å²) in [6.07, 6.45) is 2.47. The van der Waals surface area contributed by atoms with Crippen LogP contribution in [-0.2, 0) is 10.2 Å². The van der Waals surface area contributed by atoms with E-state index in [1.54, 1.807) is 6.07 Å². The monoisotopic (exact) mass is 355 g/mol. The third-order valence-electron chi connectivity index (χ3n) is 5.43. The average molecular weight is 355 g/mol. The van der Waals surface area contributed by atoms with Gasteiger partial charge in [0.1, 0.15) is 19.0 Å². The zero-order valence-corrected chi connectivity index (χ0v) is 14.8. The van der Waals surface area contributed by atoms with Crippen LogP contribution in [0.5, 0.6) is 11.5 Å². The lowest BCUT2D eigenvalue weighted by atomic mass is 9.63. The predicted molar refractivity (Wildman–Crippen MR) is 95.9 cm³/mol. The SMILES string of the molecule is CC(NC(=O)C1(c2cccc(F)c2)CCC1)c1ccc2c(c1)OCCO2. The summed E-state index contributed by atoms with van der Waals surface area (Å²) in [5.74, 6) is 1.09. The number of amides is 1. The number of halogens is 1. The highest BCUT2D eigenvalue weighted by atomic mass is 19.1. The number of fused-ring (bicyclic) bond motifs is 1. The van der Waals surface area contributed by atoms with Gasteiger partial charge in [-0.25, -0.2) is 4.39 Å². The van der Waals surface area contributed by atoms with Crippen LogP contribution in [0.2, 0.25) is 0 Å². The van der Waals surface area contributed by atoms with Gasteiger partial charge >= 0.3 is 0 Å². The Balaban J connectivity index is 1.53. The summed E-state index contributed by atoms with van der Waals surface area (Å²) in [5.41, 5.74) is 1.09. The van der Waals surface area contributed by atoms with Crippen molar-refractivity contribution in [3.63, 3.8) is 0 Å². The molecule has 1 aliphatic heterocycles. The standard InChI is InChI=1S/C21H22FNO3/c1-14(15-6-7-18-19(12-15)26-11-10-25-18)23-20(24)21(8-3-9-21)16-4-2-5-17(22)13-16/h2,4-7,12-14H,3,8-11H2,1H3,(H,23,24). The summed E-state index contributed by atoms with van der Waals surface area (Å²) < 4.78 is 24.8. The first kappa shape index (κ1) is 16.9. The topological polar surface area (TPSA) is 47.6 Å². The molecule has 1 fully saturated rings. The van der Waals surface area contributed by atoms with Crippen LogP contribution in [-0.4, -0.2) is 19.1 Å². The molecule has 4 rings (SSSR count). The molecule has 1 aliphatic carbocycles. The van der Waals surface area contributed by atoms with Gasteiger partial charge in [-0.3, -0.25) is 4.79 Å². The fourth-order valence-electron chi connectivity index (χ4n) is 3.71. The molecular formula is C21H22FNO3. The van der Waals surface area contributed by atoms with Crippen LogP contribution < -0.4 is 14.8 Å². The summed E-state index contributed by atoms with van der Waals surface area (Å²) in [4.78, 5) is 13.0. The first-order valence-electron chi connectivity index (χ1n) is 9.05. The van der Waals surface area contributed by atoms with E-state index in [1.807, 2.05) is 31.2 Å². The van der Waals surface area contributed by atoms with Gasteiger partial charge in [-0.05, 0) is 55.2 Å². The highest BCUT2D eigenvalue weighted by Gasteiger charge is 2.46. The van der Waals surface area contributed by atoms with Gasteiger partial charge in [0.2, 0.25) is 5.91 Å². The Labute approximate surface area is 152 Å². The van der Waals surface area contributed by atoms with E-state index >= 15 is 0 Å². The van der Waals surface area contributed by atoms with E-state index in [0.29, 0.717) is 19.0 Å². The van der Waals surface area contributed by atoms with E-state index in [-0.39, 0.29) is 17.8 Å². The minimum atomic E-state index is -0.621. The smallest absolute Gasteiger partial charge is 0.231 e. The van der Waals surface area contributed by atoms with Gasteiger partial charge < -0.3 is 14.8 Å². The van der Waals surface area contributed by atoms with Gasteiger partial charge in [0, 0.05) is 0 Å². The van der Waals surface area contributed by atoms with Crippen LogP contribution in [0.1, 0.15) is 43.4 Å². The third kappa shape index (κ3) is 2.91. The molecule has 4 nitrogen and oxygen atoms in total. The van der Waals surface area contributed by atoms with E-state index in [1.165, 1.54) is 12.1 Å². The van der Waals surface area contributed by atoms with Gasteiger partial charge in [0.25, 0.3) is 0 Å². The minimum Gasteiger partial charge on any atom is -0.486 e. The summed E-state index contributed by atoms with van der Waals surface area (Å²) in [7, 11) is 0. The number of hydrogen-bond acceptors (Lipinski definition) is 3. The minimum absolute atomic E-state index is 0.0447. The lowest BCUT2D eigenvalue weighted by molar-refractivity contribution is -0.130. The lowest BCUT2D eigenvalue weighted by Crippen LogP contribution is -2.49. The summed E-state index contributed by atoms with van der Waals surface area (Å²) in [6.45, 7) is 3.02. The Hall–Kier alpha value is -2.56. The molecule has 5 heteroatoms. The molecule has 0 spiro atoms. The normalized spacial score (nSPS) is 18.5. The van der Waals surface area contributed by atoms with Crippen LogP contribution in [0, 0.1) is 5.82 Å². The van der Waals surface area contributed by atoms with Gasteiger partial charge in [0.15, 0.2) is 11.5 Å². The fourth-order valence-corrected chi connectivity index (χ4v) is 3.71. The van der Waals surface area contributed by atoms with E-state index in [4.69, 9.17) is 9.47 Å². The second kappa shape index (κ2) is 6.63. The predicted octanol–water partition coefficient (Wildman–Crippen LogP) is 3.90. The lowest BCUT2D eigenvalue weighted by Gasteiger charge is -2.41. The molecule has 136 valence electrons. The quantitative estimate of drug-likeness (QED) is 0.905. The number of ether oxygens (including phenoxy) is 2. The number of carbonyl (C=O) groups excluding carboxylic acids is 1. The maximum atomic E-state index is 13.7. The molecule has 1 heterocycles. The third-order valence-corrected chi connectivity index (χ3v) is 5.43. The van der Waals surface area contributed by atoms with E-state index in [2.05, 4.69) is 5.32 Å². The van der Waals surface area contributed by atoms with Crippen LogP contribution in [0.15, 0.2) is 42.5 Å². The number of benzene rings is 2. The Kier molecular flexibility index (Phi) is 4.31. The Morgan fingerprint density at radius 3 is 2.58 bits per heavy atom. The van der Waals surface area contributed by atoms with Crippen molar-refractivity contribution in [3.05, 3.63) is 59.4 Å². The molecule has 1 atom stereocenters. The maximum absolute atomic E-state index is 13.7. The van der Waals surface area contributed by atoms with Crippen LogP contribution >= 0.6 is 0 Å². The second-order valence-electron chi connectivity index (χ2n) is 7.04. The highest BCUT2D eigenvalue weighted by Crippen LogP contribution is 2.44. The van der Waals surface area contributed by atoms with E-state index in [9.17, 15) is 9.18 Å². The van der Waals surface area contributed by atoms with Crippen molar-refractivity contribution in [1.29, 1.82) is 0 Å². The van der Waals surface area contributed by atoms with E-state index in [0.717, 1.165) is 36.1 Å². The van der Waals surface area contributed by atoms with E-state index < -0.39 is 5.41 Å². The van der Waals surface area contributed by atoms with Crippen molar-refractivity contribution >= 4 is 5.91 Å². The molecule has 0 radical (unpaired) electrons. The Morgan fingerprint density at radius 1 is 1.12 bits per heavy atom. The van der Waals surface area contributed by atoms with Crippen molar-refractivity contribution < 1.29 is 18.7 Å². The van der Waals surface area contributed by atoms with Crippen LogP contribution in [0.3, 0.4) is 0 Å². The molecule has 2 aliphatic rings. The zero-order valence-electron chi connectivity index (χ0n) is 14.8. The Morgan fingerprint density at radius 2 is 1.88 bits per heavy atom. The number of hydrogen-bond donors (Lipinski definition) is 1. The zero-order chi connectivity index (χ0) is 18.1. The van der Waals surface area contributed by atoms with Gasteiger partial charge in [0.05, 0.1) is 11.5 Å². The highest BCUT2D eigenvalue weighted by molar-refractivity contribution is 5.89. The van der Waals surface area contributed by atoms with Crippen LogP contribution in [0.4, 0.5) is 4.39 Å².